The van der Waals surface area contributed by atoms with Crippen molar-refractivity contribution in [3.05, 3.63) is 65.9 Å². The molecule has 0 saturated carbocycles. The van der Waals surface area contributed by atoms with Gasteiger partial charge in [-0.15, -0.1) is 0 Å². The van der Waals surface area contributed by atoms with Gasteiger partial charge in [0.25, 0.3) is 10.0 Å². The average molecular weight is 400 g/mol. The van der Waals surface area contributed by atoms with Crippen LogP contribution in [0.2, 0.25) is 0 Å². The van der Waals surface area contributed by atoms with Gasteiger partial charge in [-0.3, -0.25) is 9.71 Å². The lowest BCUT2D eigenvalue weighted by molar-refractivity contribution is 0.0599. The molecule has 144 valence electrons. The van der Waals surface area contributed by atoms with E-state index in [-0.39, 0.29) is 21.7 Å². The van der Waals surface area contributed by atoms with Gasteiger partial charge in [-0.05, 0) is 30.3 Å². The molecule has 0 amide bonds. The number of rotatable bonds is 5. The van der Waals surface area contributed by atoms with E-state index in [1.165, 1.54) is 44.7 Å². The number of anilines is 1. The highest BCUT2D eigenvalue weighted by Crippen LogP contribution is 2.25. The first-order chi connectivity index (χ1) is 13.4. The van der Waals surface area contributed by atoms with E-state index in [1.807, 2.05) is 0 Å². The lowest BCUT2D eigenvalue weighted by atomic mass is 10.1. The number of para-hydroxylation sites is 1. The van der Waals surface area contributed by atoms with Crippen LogP contribution in [0.5, 0.6) is 0 Å². The van der Waals surface area contributed by atoms with Crippen molar-refractivity contribution in [1.29, 1.82) is 0 Å². The number of esters is 2. The molecule has 0 aliphatic heterocycles. The van der Waals surface area contributed by atoms with Crippen molar-refractivity contribution < 1.29 is 27.5 Å². The van der Waals surface area contributed by atoms with Gasteiger partial charge in [0.05, 0.1) is 36.6 Å². The molecule has 2 aromatic carbocycles. The topological polar surface area (TPSA) is 112 Å². The second-order valence-corrected chi connectivity index (χ2v) is 7.37. The quantitative estimate of drug-likeness (QED) is 0.655. The van der Waals surface area contributed by atoms with Crippen LogP contribution in [-0.4, -0.2) is 39.6 Å². The van der Waals surface area contributed by atoms with E-state index in [0.717, 1.165) is 0 Å². The molecule has 1 N–H and O–H groups in total. The molecule has 9 heteroatoms. The fraction of sp³-hybridized carbons (Fsp3) is 0.105. The van der Waals surface area contributed by atoms with Gasteiger partial charge in [0, 0.05) is 11.6 Å². The number of nitrogens with zero attached hydrogens (tertiary/aromatic N) is 1. The Morgan fingerprint density at radius 1 is 0.929 bits per heavy atom. The molecule has 0 unspecified atom stereocenters. The van der Waals surface area contributed by atoms with Crippen LogP contribution in [0.25, 0.3) is 10.9 Å². The number of benzene rings is 2. The fourth-order valence-corrected chi connectivity index (χ4v) is 3.88. The summed E-state index contributed by atoms with van der Waals surface area (Å²) in [5.74, 6) is -1.45. The van der Waals surface area contributed by atoms with Gasteiger partial charge in [0.2, 0.25) is 0 Å². The van der Waals surface area contributed by atoms with Crippen molar-refractivity contribution in [2.75, 3.05) is 18.9 Å². The first-order valence-corrected chi connectivity index (χ1v) is 9.52. The van der Waals surface area contributed by atoms with Crippen molar-refractivity contribution >= 4 is 38.6 Å². The zero-order valence-corrected chi connectivity index (χ0v) is 15.8. The van der Waals surface area contributed by atoms with Gasteiger partial charge in [-0.2, -0.15) is 0 Å². The Morgan fingerprint density at radius 2 is 1.54 bits per heavy atom. The van der Waals surface area contributed by atoms with E-state index < -0.39 is 22.0 Å². The summed E-state index contributed by atoms with van der Waals surface area (Å²) in [7, 11) is -1.70. The standard InChI is InChI=1S/C19H16N2O6S/c1-26-18(22)13-9-14(19(23)27-2)11-15(10-13)21-28(24,25)16-7-3-5-12-6-4-8-20-17(12)16/h3-11,21H,1-2H3. The molecule has 0 spiro atoms. The van der Waals surface area contributed by atoms with Crippen molar-refractivity contribution in [2.45, 2.75) is 4.90 Å². The minimum absolute atomic E-state index is 0.000792. The smallest absolute Gasteiger partial charge is 0.337 e. The number of nitrogens with one attached hydrogen (secondary N) is 1. The Balaban J connectivity index is 2.08. The Kier molecular flexibility index (Phi) is 5.27. The summed E-state index contributed by atoms with van der Waals surface area (Å²) in [6.45, 7) is 0. The molecule has 0 saturated heterocycles. The largest absolute Gasteiger partial charge is 0.465 e. The van der Waals surface area contributed by atoms with Crippen molar-refractivity contribution in [3.8, 4) is 0 Å². The highest BCUT2D eigenvalue weighted by molar-refractivity contribution is 7.93. The van der Waals surface area contributed by atoms with Crippen LogP contribution >= 0.6 is 0 Å². The predicted molar refractivity (Wildman–Crippen MR) is 102 cm³/mol. The highest BCUT2D eigenvalue weighted by atomic mass is 32.2. The molecule has 1 heterocycles. The summed E-state index contributed by atoms with van der Waals surface area (Å²) in [5.41, 5.74) is 0.310. The number of hydrogen-bond acceptors (Lipinski definition) is 7. The minimum atomic E-state index is -4.06. The van der Waals surface area contributed by atoms with Crippen LogP contribution in [0.4, 0.5) is 5.69 Å². The van der Waals surface area contributed by atoms with Crippen LogP contribution in [-0.2, 0) is 19.5 Å². The van der Waals surface area contributed by atoms with Gasteiger partial charge in [-0.1, -0.05) is 18.2 Å². The summed E-state index contributed by atoms with van der Waals surface area (Å²) in [4.78, 5) is 27.9. The van der Waals surface area contributed by atoms with E-state index in [0.29, 0.717) is 10.9 Å². The Morgan fingerprint density at radius 3 is 2.14 bits per heavy atom. The normalized spacial score (nSPS) is 11.1. The zero-order chi connectivity index (χ0) is 20.3. The maximum absolute atomic E-state index is 12.9. The lowest BCUT2D eigenvalue weighted by Crippen LogP contribution is -2.15. The van der Waals surface area contributed by atoms with Crippen molar-refractivity contribution in [2.24, 2.45) is 0 Å². The van der Waals surface area contributed by atoms with Crippen molar-refractivity contribution in [1.82, 2.24) is 4.98 Å². The Hall–Kier alpha value is -3.46. The van der Waals surface area contributed by atoms with Crippen LogP contribution in [0.15, 0.2) is 59.6 Å². The molecular formula is C19H16N2O6S. The van der Waals surface area contributed by atoms with Gasteiger partial charge in [-0.25, -0.2) is 18.0 Å². The number of ether oxygens (including phenoxy) is 2. The lowest BCUT2D eigenvalue weighted by Gasteiger charge is -2.12. The fourth-order valence-electron chi connectivity index (χ4n) is 2.66. The Labute approximate surface area is 161 Å². The van der Waals surface area contributed by atoms with Gasteiger partial charge < -0.3 is 9.47 Å². The van der Waals surface area contributed by atoms with Crippen LogP contribution in [0, 0.1) is 0 Å². The van der Waals surface area contributed by atoms with Crippen molar-refractivity contribution in [3.63, 3.8) is 0 Å². The molecule has 0 aliphatic carbocycles. The second-order valence-electron chi connectivity index (χ2n) is 5.72. The summed E-state index contributed by atoms with van der Waals surface area (Å²) < 4.78 is 37.6. The number of carbonyl (C=O) groups is 2. The first-order valence-electron chi connectivity index (χ1n) is 8.04. The molecule has 0 bridgehead atoms. The molecule has 3 aromatic rings. The first kappa shape index (κ1) is 19.3. The highest BCUT2D eigenvalue weighted by Gasteiger charge is 2.21. The molecule has 3 rings (SSSR count). The monoisotopic (exact) mass is 400 g/mol. The van der Waals surface area contributed by atoms with Gasteiger partial charge >= 0.3 is 11.9 Å². The average Bonchev–Trinajstić information content (AvgIpc) is 2.71. The minimum Gasteiger partial charge on any atom is -0.465 e. The van der Waals surface area contributed by atoms with E-state index in [4.69, 9.17) is 0 Å². The van der Waals surface area contributed by atoms with E-state index in [1.54, 1.807) is 24.3 Å². The third-order valence-corrected chi connectivity index (χ3v) is 5.33. The molecule has 28 heavy (non-hydrogen) atoms. The Bertz CT molecular complexity index is 1130. The summed E-state index contributed by atoms with van der Waals surface area (Å²) in [6, 6.07) is 12.0. The van der Waals surface area contributed by atoms with Crippen LogP contribution < -0.4 is 4.72 Å². The molecule has 0 radical (unpaired) electrons. The molecule has 0 aliphatic rings. The molecule has 0 atom stereocenters. The molecule has 1 aromatic heterocycles. The second kappa shape index (κ2) is 7.65. The van der Waals surface area contributed by atoms with Gasteiger partial charge in [0.1, 0.15) is 4.90 Å². The molecular weight excluding hydrogens is 384 g/mol. The number of aromatic nitrogens is 1. The zero-order valence-electron chi connectivity index (χ0n) is 15.0. The number of methoxy groups -OCH3 is 2. The maximum Gasteiger partial charge on any atom is 0.337 e. The van der Waals surface area contributed by atoms with E-state index >= 15 is 0 Å². The summed E-state index contributed by atoms with van der Waals surface area (Å²) in [6.07, 6.45) is 1.49. The van der Waals surface area contributed by atoms with Gasteiger partial charge in [0.15, 0.2) is 0 Å². The van der Waals surface area contributed by atoms with Crippen LogP contribution in [0.1, 0.15) is 20.7 Å². The third kappa shape index (κ3) is 3.79. The third-order valence-electron chi connectivity index (χ3n) is 3.91. The summed E-state index contributed by atoms with van der Waals surface area (Å²) >= 11 is 0. The number of fused-ring (bicyclic) bond motifs is 1. The SMILES string of the molecule is COC(=O)c1cc(NS(=O)(=O)c2cccc3cccnc23)cc(C(=O)OC)c1. The number of pyridine rings is 1. The number of sulfonamides is 1. The maximum atomic E-state index is 12.9. The van der Waals surface area contributed by atoms with E-state index in [2.05, 4.69) is 19.2 Å². The number of hydrogen-bond donors (Lipinski definition) is 1. The molecule has 0 fully saturated rings. The summed E-state index contributed by atoms with van der Waals surface area (Å²) in [5, 5.41) is 0.656. The van der Waals surface area contributed by atoms with E-state index in [9.17, 15) is 18.0 Å². The number of carbonyl (C=O) groups excluding carboxylic acids is 2. The molecule has 8 nitrogen and oxygen atoms in total. The predicted octanol–water partition coefficient (Wildman–Crippen LogP) is 2.61. The van der Waals surface area contributed by atoms with Crippen LogP contribution in [0.3, 0.4) is 0 Å².